The average molecular weight is 483 g/mol. The first-order valence-electron chi connectivity index (χ1n) is 12.3. The quantitative estimate of drug-likeness (QED) is 0.674. The Morgan fingerprint density at radius 2 is 1.94 bits per heavy atom. The van der Waals surface area contributed by atoms with Crippen molar-refractivity contribution < 1.29 is 19.1 Å². The summed E-state index contributed by atoms with van der Waals surface area (Å²) in [6.07, 6.45) is 4.70. The number of aromatic nitrogens is 1. The van der Waals surface area contributed by atoms with Crippen molar-refractivity contribution in [1.82, 2.24) is 14.8 Å². The lowest BCUT2D eigenvalue weighted by Gasteiger charge is -2.36. The van der Waals surface area contributed by atoms with E-state index in [0.29, 0.717) is 36.6 Å². The second kappa shape index (κ2) is 12.7. The zero-order chi connectivity index (χ0) is 25.4. The number of fused-ring (bicyclic) bond motifs is 1. The summed E-state index contributed by atoms with van der Waals surface area (Å²) in [5.74, 6) is 0.462. The van der Waals surface area contributed by atoms with Gasteiger partial charge in [-0.05, 0) is 49.1 Å². The number of carbonyl (C=O) groups is 2. The van der Waals surface area contributed by atoms with Crippen LogP contribution in [0.15, 0.2) is 42.7 Å². The van der Waals surface area contributed by atoms with Crippen LogP contribution in [0, 0.1) is 5.92 Å². The van der Waals surface area contributed by atoms with E-state index < -0.39 is 0 Å². The number of pyridine rings is 1. The van der Waals surface area contributed by atoms with Crippen molar-refractivity contribution in [2.45, 2.75) is 52.3 Å². The van der Waals surface area contributed by atoms with E-state index in [-0.39, 0.29) is 29.9 Å². The number of rotatable bonds is 6. The van der Waals surface area contributed by atoms with E-state index in [9.17, 15) is 9.59 Å². The predicted octanol–water partition coefficient (Wildman–Crippen LogP) is 3.83. The first-order chi connectivity index (χ1) is 16.8. The van der Waals surface area contributed by atoms with Crippen molar-refractivity contribution in [3.05, 3.63) is 53.9 Å². The number of likely N-dealkylation sites (N-methyl/N-ethyl adjacent to an activating group) is 1. The molecular weight excluding hydrogens is 444 g/mol. The minimum Gasteiger partial charge on any atom is -0.491 e. The number of nitrogens with zero attached hydrogens (tertiary/aromatic N) is 3. The van der Waals surface area contributed by atoms with E-state index in [4.69, 9.17) is 9.47 Å². The van der Waals surface area contributed by atoms with Crippen LogP contribution >= 0.6 is 0 Å². The maximum absolute atomic E-state index is 13.3. The average Bonchev–Trinajstić information content (AvgIpc) is 2.85. The molecule has 0 bridgehead atoms. The van der Waals surface area contributed by atoms with Gasteiger partial charge in [0.25, 0.3) is 5.91 Å². The largest absolute Gasteiger partial charge is 0.491 e. The first kappa shape index (κ1) is 26.6. The van der Waals surface area contributed by atoms with Crippen LogP contribution in [-0.4, -0.2) is 72.6 Å². The minimum absolute atomic E-state index is 0.0575. The SMILES string of the molecule is CCCC(=O)Nc1ccc2c(c1)OC[C@H](C)N(Cc1ccncc1)C[C@@H](C)[C@H](OC)CN(C)C2=O. The van der Waals surface area contributed by atoms with Crippen molar-refractivity contribution >= 4 is 17.5 Å². The van der Waals surface area contributed by atoms with Gasteiger partial charge in [-0.1, -0.05) is 13.8 Å². The Morgan fingerprint density at radius 1 is 1.20 bits per heavy atom. The van der Waals surface area contributed by atoms with E-state index in [1.54, 1.807) is 49.7 Å². The third kappa shape index (κ3) is 7.26. The summed E-state index contributed by atoms with van der Waals surface area (Å²) in [5, 5.41) is 2.90. The smallest absolute Gasteiger partial charge is 0.257 e. The number of ether oxygens (including phenoxy) is 2. The molecule has 1 aromatic carbocycles. The Bertz CT molecular complexity index is 984. The normalized spacial score (nSPS) is 21.9. The molecule has 2 heterocycles. The molecule has 0 saturated heterocycles. The van der Waals surface area contributed by atoms with E-state index in [1.807, 2.05) is 19.1 Å². The number of methoxy groups -OCH3 is 1. The monoisotopic (exact) mass is 482 g/mol. The maximum atomic E-state index is 13.3. The Hall–Kier alpha value is -2.97. The second-order valence-electron chi connectivity index (χ2n) is 9.39. The Balaban J connectivity index is 1.92. The molecule has 1 aliphatic rings. The number of hydrogen-bond donors (Lipinski definition) is 1. The molecular formula is C27H38N4O4. The lowest BCUT2D eigenvalue weighted by Crippen LogP contribution is -2.46. The standard InChI is InChI=1S/C27H38N4O4/c1-6-7-26(32)29-22-8-9-23-24(14-22)35-18-20(3)31(16-21-10-12-28-13-11-21)15-19(2)25(34-5)17-30(4)27(23)33/h8-14,19-20,25H,6-7,15-18H2,1-5H3,(H,29,32)/t19-,20+,25-/m1/s1. The summed E-state index contributed by atoms with van der Waals surface area (Å²) >= 11 is 0. The zero-order valence-corrected chi connectivity index (χ0v) is 21.5. The van der Waals surface area contributed by atoms with Gasteiger partial charge in [-0.15, -0.1) is 0 Å². The van der Waals surface area contributed by atoms with Gasteiger partial charge >= 0.3 is 0 Å². The van der Waals surface area contributed by atoms with E-state index in [2.05, 4.69) is 29.0 Å². The molecule has 8 heteroatoms. The molecule has 0 saturated carbocycles. The van der Waals surface area contributed by atoms with E-state index in [0.717, 1.165) is 19.5 Å². The van der Waals surface area contributed by atoms with Gasteiger partial charge in [-0.3, -0.25) is 19.5 Å². The fraction of sp³-hybridized carbons (Fsp3) is 0.519. The van der Waals surface area contributed by atoms with Crippen LogP contribution in [0.4, 0.5) is 5.69 Å². The fourth-order valence-corrected chi connectivity index (χ4v) is 4.32. The number of amides is 2. The van der Waals surface area contributed by atoms with Crippen molar-refractivity contribution in [1.29, 1.82) is 0 Å². The number of nitrogens with one attached hydrogen (secondary N) is 1. The molecule has 3 rings (SSSR count). The molecule has 0 unspecified atom stereocenters. The van der Waals surface area contributed by atoms with Crippen LogP contribution in [-0.2, 0) is 16.1 Å². The van der Waals surface area contributed by atoms with Gasteiger partial charge in [0.1, 0.15) is 12.4 Å². The van der Waals surface area contributed by atoms with E-state index >= 15 is 0 Å². The van der Waals surface area contributed by atoms with Gasteiger partial charge in [0.15, 0.2) is 0 Å². The summed E-state index contributed by atoms with van der Waals surface area (Å²) in [5.41, 5.74) is 2.26. The Labute approximate surface area is 208 Å². The molecule has 1 N–H and O–H groups in total. The van der Waals surface area contributed by atoms with E-state index in [1.165, 1.54) is 5.56 Å². The van der Waals surface area contributed by atoms with Gasteiger partial charge < -0.3 is 19.7 Å². The number of benzene rings is 1. The molecule has 8 nitrogen and oxygen atoms in total. The first-order valence-corrected chi connectivity index (χ1v) is 12.3. The van der Waals surface area contributed by atoms with Gasteiger partial charge in [-0.25, -0.2) is 0 Å². The number of anilines is 1. The number of hydrogen-bond acceptors (Lipinski definition) is 6. The third-order valence-electron chi connectivity index (χ3n) is 6.47. The lowest BCUT2D eigenvalue weighted by molar-refractivity contribution is -0.116. The fourth-order valence-electron chi connectivity index (χ4n) is 4.32. The van der Waals surface area contributed by atoms with Crippen molar-refractivity contribution in [2.24, 2.45) is 5.92 Å². The molecule has 0 spiro atoms. The molecule has 0 fully saturated rings. The highest BCUT2D eigenvalue weighted by molar-refractivity contribution is 5.98. The molecule has 0 radical (unpaired) electrons. The van der Waals surface area contributed by atoms with Gasteiger partial charge in [0.05, 0.1) is 11.7 Å². The maximum Gasteiger partial charge on any atom is 0.257 e. The summed E-state index contributed by atoms with van der Waals surface area (Å²) in [7, 11) is 3.48. The Morgan fingerprint density at radius 3 is 2.63 bits per heavy atom. The second-order valence-corrected chi connectivity index (χ2v) is 9.39. The minimum atomic E-state index is -0.137. The molecule has 0 aliphatic carbocycles. The molecule has 3 atom stereocenters. The van der Waals surface area contributed by atoms with Crippen LogP contribution < -0.4 is 10.1 Å². The van der Waals surface area contributed by atoms with Crippen molar-refractivity contribution in [3.8, 4) is 5.75 Å². The summed E-state index contributed by atoms with van der Waals surface area (Å²) < 4.78 is 12.1. The van der Waals surface area contributed by atoms with Crippen LogP contribution in [0.2, 0.25) is 0 Å². The van der Waals surface area contributed by atoms with Crippen LogP contribution in [0.1, 0.15) is 49.5 Å². The molecule has 1 aromatic heterocycles. The molecule has 1 aliphatic heterocycles. The van der Waals surface area contributed by atoms with Gasteiger partial charge in [0.2, 0.25) is 5.91 Å². The highest BCUT2D eigenvalue weighted by Crippen LogP contribution is 2.27. The highest BCUT2D eigenvalue weighted by atomic mass is 16.5. The molecule has 35 heavy (non-hydrogen) atoms. The third-order valence-corrected chi connectivity index (χ3v) is 6.47. The summed E-state index contributed by atoms with van der Waals surface area (Å²) in [6.45, 7) is 8.64. The predicted molar refractivity (Wildman–Crippen MR) is 137 cm³/mol. The summed E-state index contributed by atoms with van der Waals surface area (Å²) in [4.78, 5) is 33.6. The van der Waals surface area contributed by atoms with Crippen molar-refractivity contribution in [2.75, 3.05) is 39.2 Å². The van der Waals surface area contributed by atoms with Gasteiger partial charge in [0, 0.05) is 70.4 Å². The van der Waals surface area contributed by atoms with Gasteiger partial charge in [-0.2, -0.15) is 0 Å². The lowest BCUT2D eigenvalue weighted by atomic mass is 10.0. The van der Waals surface area contributed by atoms with Crippen LogP contribution in [0.25, 0.3) is 0 Å². The summed E-state index contributed by atoms with van der Waals surface area (Å²) in [6, 6.07) is 9.34. The van der Waals surface area contributed by atoms with Crippen molar-refractivity contribution in [3.63, 3.8) is 0 Å². The molecule has 2 amide bonds. The molecule has 190 valence electrons. The highest BCUT2D eigenvalue weighted by Gasteiger charge is 2.28. The van der Waals surface area contributed by atoms with Crippen LogP contribution in [0.5, 0.6) is 5.75 Å². The Kier molecular flexibility index (Phi) is 9.63. The number of carbonyl (C=O) groups excluding carboxylic acids is 2. The zero-order valence-electron chi connectivity index (χ0n) is 21.5. The topological polar surface area (TPSA) is 84.0 Å². The molecule has 2 aromatic rings. The van der Waals surface area contributed by atoms with Crippen LogP contribution in [0.3, 0.4) is 0 Å².